The fourth-order valence-electron chi connectivity index (χ4n) is 4.99. The lowest BCUT2D eigenvalue weighted by Gasteiger charge is -2.39. The number of alkyl halides is 1. The Morgan fingerprint density at radius 2 is 2.14 bits per heavy atom. The van der Waals surface area contributed by atoms with Crippen LogP contribution in [0, 0.1) is 5.41 Å². The summed E-state index contributed by atoms with van der Waals surface area (Å²) < 4.78 is 24.2. The lowest BCUT2D eigenvalue weighted by molar-refractivity contribution is -0.153. The van der Waals surface area contributed by atoms with E-state index in [-0.39, 0.29) is 18.7 Å². The summed E-state index contributed by atoms with van der Waals surface area (Å²) >= 11 is 0. The molecule has 2 fully saturated rings. The van der Waals surface area contributed by atoms with E-state index in [0.717, 1.165) is 38.0 Å². The van der Waals surface area contributed by atoms with Crippen LogP contribution >= 0.6 is 0 Å². The number of carbonyl (C=O) groups is 1. The Kier molecular flexibility index (Phi) is 6.08. The molecule has 1 aliphatic carbocycles. The Labute approximate surface area is 171 Å². The molecule has 3 aliphatic rings. The molecule has 3 atom stereocenters. The smallest absolute Gasteiger partial charge is 0.234 e. The Balaban J connectivity index is 1.46. The van der Waals surface area contributed by atoms with Gasteiger partial charge in [-0.1, -0.05) is 6.07 Å². The van der Waals surface area contributed by atoms with Crippen LogP contribution in [0.1, 0.15) is 50.2 Å². The second kappa shape index (κ2) is 8.58. The lowest BCUT2D eigenvalue weighted by atomic mass is 9.79. The molecule has 2 aliphatic heterocycles. The summed E-state index contributed by atoms with van der Waals surface area (Å²) in [4.78, 5) is 15.2. The minimum Gasteiger partial charge on any atom is -0.473 e. The molecular weight excluding hydrogens is 375 g/mol. The van der Waals surface area contributed by atoms with Gasteiger partial charge in [-0.15, -0.1) is 0 Å². The van der Waals surface area contributed by atoms with Gasteiger partial charge < -0.3 is 24.8 Å². The second-order valence-corrected chi connectivity index (χ2v) is 8.68. The van der Waals surface area contributed by atoms with Crippen molar-refractivity contribution in [1.29, 1.82) is 0 Å². The topological polar surface area (TPSA) is 71.0 Å². The maximum atomic E-state index is 13.5. The summed E-state index contributed by atoms with van der Waals surface area (Å²) in [5, 5.41) is 14.3. The first kappa shape index (κ1) is 20.6. The maximum Gasteiger partial charge on any atom is 0.234 e. The summed E-state index contributed by atoms with van der Waals surface area (Å²) in [6.45, 7) is 3.27. The molecule has 2 N–H and O–H groups in total. The molecule has 1 amide bonds. The molecule has 7 heteroatoms. The average Bonchev–Trinajstić information content (AvgIpc) is 3.18. The third-order valence-corrected chi connectivity index (χ3v) is 6.77. The minimum atomic E-state index is -0.804. The first-order valence-electron chi connectivity index (χ1n) is 10.6. The van der Waals surface area contributed by atoms with Crippen molar-refractivity contribution in [2.24, 2.45) is 5.41 Å². The Morgan fingerprint density at radius 3 is 2.86 bits per heavy atom. The number of aliphatic hydroxyl groups excluding tert-OH is 1. The number of carbonyl (C=O) groups excluding carboxylic acids is 1. The number of hydrogen-bond donors (Lipinski definition) is 2. The third kappa shape index (κ3) is 4.13. The minimum absolute atomic E-state index is 0.0694. The standard InChI is InChI=1S/C22H31FN2O4/c1-15(26)22(7-4-19(11-22)24-18-5-8-28-9-6-18)21(27)25-13-17-10-16(12-23)2-3-20(17)29-14-25/h2-3,10,15,18-19,24,26H,4-9,11-14H2,1H3/t15-,19+,22-/m0/s1. The largest absolute Gasteiger partial charge is 0.473 e. The monoisotopic (exact) mass is 406 g/mol. The molecule has 29 heavy (non-hydrogen) atoms. The predicted molar refractivity (Wildman–Crippen MR) is 106 cm³/mol. The summed E-state index contributed by atoms with van der Waals surface area (Å²) in [7, 11) is 0. The Morgan fingerprint density at radius 1 is 1.34 bits per heavy atom. The highest BCUT2D eigenvalue weighted by Crippen LogP contribution is 2.44. The molecule has 1 aromatic rings. The summed E-state index contributed by atoms with van der Waals surface area (Å²) in [6.07, 6.45) is 3.37. The van der Waals surface area contributed by atoms with Crippen LogP contribution in [0.25, 0.3) is 0 Å². The first-order valence-corrected chi connectivity index (χ1v) is 10.6. The number of hydrogen-bond acceptors (Lipinski definition) is 5. The van der Waals surface area contributed by atoms with Gasteiger partial charge in [0.15, 0.2) is 6.73 Å². The molecule has 2 heterocycles. The second-order valence-electron chi connectivity index (χ2n) is 8.68. The van der Waals surface area contributed by atoms with E-state index >= 15 is 0 Å². The van der Waals surface area contributed by atoms with Crippen molar-refractivity contribution in [2.75, 3.05) is 19.9 Å². The molecule has 1 saturated carbocycles. The van der Waals surface area contributed by atoms with Gasteiger partial charge >= 0.3 is 0 Å². The lowest BCUT2D eigenvalue weighted by Crippen LogP contribution is -2.51. The zero-order valence-corrected chi connectivity index (χ0v) is 17.0. The van der Waals surface area contributed by atoms with Crippen molar-refractivity contribution in [3.05, 3.63) is 29.3 Å². The number of nitrogens with zero attached hydrogens (tertiary/aromatic N) is 1. The molecule has 0 unspecified atom stereocenters. The van der Waals surface area contributed by atoms with E-state index in [9.17, 15) is 14.3 Å². The molecule has 1 saturated heterocycles. The van der Waals surface area contributed by atoms with Crippen molar-refractivity contribution in [1.82, 2.24) is 10.2 Å². The Bertz CT molecular complexity index is 738. The number of ether oxygens (including phenoxy) is 2. The molecular formula is C22H31FN2O4. The molecule has 160 valence electrons. The van der Waals surface area contributed by atoms with Crippen LogP contribution in [0.3, 0.4) is 0 Å². The highest BCUT2D eigenvalue weighted by molar-refractivity contribution is 5.84. The van der Waals surface area contributed by atoms with Crippen molar-refractivity contribution >= 4 is 5.91 Å². The van der Waals surface area contributed by atoms with E-state index in [2.05, 4.69) is 5.32 Å². The Hall–Kier alpha value is -1.70. The van der Waals surface area contributed by atoms with Crippen molar-refractivity contribution in [3.63, 3.8) is 0 Å². The number of benzene rings is 1. The summed E-state index contributed by atoms with van der Waals surface area (Å²) in [6, 6.07) is 5.86. The fraction of sp³-hybridized carbons (Fsp3) is 0.682. The van der Waals surface area contributed by atoms with Crippen LogP contribution in [0.2, 0.25) is 0 Å². The molecule has 0 spiro atoms. The van der Waals surface area contributed by atoms with Crippen molar-refractivity contribution < 1.29 is 23.8 Å². The number of rotatable bonds is 5. The van der Waals surface area contributed by atoms with Gasteiger partial charge in [0, 0.05) is 30.9 Å². The van der Waals surface area contributed by atoms with E-state index in [1.54, 1.807) is 30.0 Å². The van der Waals surface area contributed by atoms with E-state index in [0.29, 0.717) is 36.7 Å². The zero-order chi connectivity index (χ0) is 20.4. The number of nitrogens with one attached hydrogen (secondary N) is 1. The van der Waals surface area contributed by atoms with Crippen LogP contribution in [-0.2, 0) is 22.8 Å². The molecule has 6 nitrogen and oxygen atoms in total. The van der Waals surface area contributed by atoms with Gasteiger partial charge in [0.05, 0.1) is 18.1 Å². The van der Waals surface area contributed by atoms with Gasteiger partial charge in [-0.05, 0) is 56.7 Å². The van der Waals surface area contributed by atoms with E-state index in [4.69, 9.17) is 9.47 Å². The van der Waals surface area contributed by atoms with Crippen LogP contribution < -0.4 is 10.1 Å². The van der Waals surface area contributed by atoms with Crippen LogP contribution in [0.15, 0.2) is 18.2 Å². The van der Waals surface area contributed by atoms with E-state index < -0.39 is 18.2 Å². The molecule has 1 aromatic carbocycles. The summed E-state index contributed by atoms with van der Waals surface area (Å²) in [5.74, 6) is 0.628. The van der Waals surface area contributed by atoms with E-state index in [1.165, 1.54) is 0 Å². The van der Waals surface area contributed by atoms with Gasteiger partial charge in [0.25, 0.3) is 0 Å². The highest BCUT2D eigenvalue weighted by Gasteiger charge is 2.51. The number of halogens is 1. The predicted octanol–water partition coefficient (Wildman–Crippen LogP) is 2.52. The van der Waals surface area contributed by atoms with Crippen LogP contribution in [0.5, 0.6) is 5.75 Å². The van der Waals surface area contributed by atoms with Crippen molar-refractivity contribution in [3.8, 4) is 5.75 Å². The maximum absolute atomic E-state index is 13.5. The molecule has 0 aromatic heterocycles. The SMILES string of the molecule is C[C@H](O)[C@]1(C(=O)N2COc3ccc(CF)cc3C2)CC[C@@H](NC2CCOCC2)C1. The van der Waals surface area contributed by atoms with Gasteiger partial charge in [0.1, 0.15) is 12.4 Å². The van der Waals surface area contributed by atoms with Gasteiger partial charge in [-0.3, -0.25) is 4.79 Å². The summed E-state index contributed by atoms with van der Waals surface area (Å²) in [5.41, 5.74) is 0.588. The molecule has 0 radical (unpaired) electrons. The zero-order valence-electron chi connectivity index (χ0n) is 17.0. The normalized spacial score (nSPS) is 28.7. The first-order chi connectivity index (χ1) is 14.0. The number of aliphatic hydroxyl groups is 1. The van der Waals surface area contributed by atoms with E-state index in [1.807, 2.05) is 0 Å². The number of amides is 1. The highest BCUT2D eigenvalue weighted by atomic mass is 19.1. The average molecular weight is 406 g/mol. The van der Waals surface area contributed by atoms with Crippen LogP contribution in [-0.4, -0.2) is 54.0 Å². The number of fused-ring (bicyclic) bond motifs is 1. The van der Waals surface area contributed by atoms with Gasteiger partial charge in [0.2, 0.25) is 5.91 Å². The molecule has 0 bridgehead atoms. The van der Waals surface area contributed by atoms with Gasteiger partial charge in [-0.25, -0.2) is 4.39 Å². The van der Waals surface area contributed by atoms with Crippen molar-refractivity contribution in [2.45, 2.75) is 70.4 Å². The third-order valence-electron chi connectivity index (χ3n) is 6.77. The molecule has 4 rings (SSSR count). The quantitative estimate of drug-likeness (QED) is 0.786. The van der Waals surface area contributed by atoms with Crippen LogP contribution in [0.4, 0.5) is 4.39 Å². The van der Waals surface area contributed by atoms with Gasteiger partial charge in [-0.2, -0.15) is 0 Å². The fourth-order valence-corrected chi connectivity index (χ4v) is 4.99.